The largest absolute Gasteiger partial charge is 0.374 e. The van der Waals surface area contributed by atoms with Crippen LogP contribution in [0.25, 0.3) is 11.0 Å². The zero-order chi connectivity index (χ0) is 12.3. The van der Waals surface area contributed by atoms with Crippen molar-refractivity contribution in [3.05, 3.63) is 24.3 Å². The molecule has 1 aromatic carbocycles. The summed E-state index contributed by atoms with van der Waals surface area (Å²) in [6.45, 7) is 0.0560. The Kier molecular flexibility index (Phi) is 3.53. The van der Waals surface area contributed by atoms with Gasteiger partial charge in [0, 0.05) is 6.54 Å². The first-order valence-electron chi connectivity index (χ1n) is 5.25. The fourth-order valence-electron chi connectivity index (χ4n) is 1.66. The monoisotopic (exact) mass is 241 g/mol. The van der Waals surface area contributed by atoms with Gasteiger partial charge in [0.1, 0.15) is 6.61 Å². The lowest BCUT2D eigenvalue weighted by Gasteiger charge is -2.07. The number of nitrogen functional groups attached to an aromatic ring is 1. The first-order valence-corrected chi connectivity index (χ1v) is 5.25. The minimum absolute atomic E-state index is 0.189. The molecule has 0 radical (unpaired) electrons. The summed E-state index contributed by atoms with van der Waals surface area (Å²) in [5.41, 5.74) is 7.41. The van der Waals surface area contributed by atoms with Crippen molar-refractivity contribution in [3.8, 4) is 0 Å². The summed E-state index contributed by atoms with van der Waals surface area (Å²) in [7, 11) is 0. The van der Waals surface area contributed by atoms with Gasteiger partial charge in [0.15, 0.2) is 0 Å². The smallest absolute Gasteiger partial charge is 0.261 e. The molecule has 1 heterocycles. The molecule has 0 unspecified atom stereocenters. The highest BCUT2D eigenvalue weighted by Gasteiger charge is 2.07. The van der Waals surface area contributed by atoms with E-state index in [0.29, 0.717) is 12.5 Å². The molecule has 6 heteroatoms. The van der Waals surface area contributed by atoms with Crippen LogP contribution in [0.1, 0.15) is 0 Å². The van der Waals surface area contributed by atoms with E-state index in [4.69, 9.17) is 10.5 Å². The van der Waals surface area contributed by atoms with Gasteiger partial charge in [0.2, 0.25) is 5.95 Å². The molecular weight excluding hydrogens is 228 g/mol. The second-order valence-corrected chi connectivity index (χ2v) is 3.58. The van der Waals surface area contributed by atoms with E-state index in [0.717, 1.165) is 11.0 Å². The van der Waals surface area contributed by atoms with Crippen molar-refractivity contribution in [2.75, 3.05) is 18.9 Å². The molecule has 0 aliphatic heterocycles. The van der Waals surface area contributed by atoms with E-state index in [9.17, 15) is 8.78 Å². The summed E-state index contributed by atoms with van der Waals surface area (Å²) in [5.74, 6) is 0.367. The molecule has 2 rings (SSSR count). The van der Waals surface area contributed by atoms with Crippen LogP contribution in [0.3, 0.4) is 0 Å². The number of benzene rings is 1. The third-order valence-electron chi connectivity index (χ3n) is 2.39. The topological polar surface area (TPSA) is 53.1 Å². The third-order valence-corrected chi connectivity index (χ3v) is 2.39. The third kappa shape index (κ3) is 2.71. The van der Waals surface area contributed by atoms with Gasteiger partial charge in [-0.05, 0) is 12.1 Å². The minimum Gasteiger partial charge on any atom is -0.374 e. The summed E-state index contributed by atoms with van der Waals surface area (Å²) >= 11 is 0. The molecule has 2 aromatic rings. The van der Waals surface area contributed by atoms with Crippen molar-refractivity contribution < 1.29 is 13.5 Å². The Balaban J connectivity index is 2.05. The molecule has 17 heavy (non-hydrogen) atoms. The Labute approximate surface area is 97.0 Å². The second kappa shape index (κ2) is 5.09. The van der Waals surface area contributed by atoms with Crippen molar-refractivity contribution in [1.82, 2.24) is 9.55 Å². The summed E-state index contributed by atoms with van der Waals surface area (Å²) in [5, 5.41) is 0. The molecule has 0 amide bonds. The molecule has 2 N–H and O–H groups in total. The molecule has 0 aliphatic carbocycles. The molecule has 0 atom stereocenters. The van der Waals surface area contributed by atoms with E-state index < -0.39 is 13.0 Å². The van der Waals surface area contributed by atoms with Gasteiger partial charge in [-0.2, -0.15) is 0 Å². The Morgan fingerprint density at radius 1 is 1.35 bits per heavy atom. The maximum Gasteiger partial charge on any atom is 0.261 e. The van der Waals surface area contributed by atoms with Gasteiger partial charge in [0.25, 0.3) is 6.43 Å². The molecule has 0 aliphatic rings. The van der Waals surface area contributed by atoms with Crippen LogP contribution >= 0.6 is 0 Å². The molecule has 4 nitrogen and oxygen atoms in total. The predicted molar refractivity (Wildman–Crippen MR) is 61.0 cm³/mol. The number of imidazole rings is 1. The normalized spacial score (nSPS) is 11.5. The van der Waals surface area contributed by atoms with Crippen LogP contribution in [0.5, 0.6) is 0 Å². The minimum atomic E-state index is -2.44. The molecule has 0 fully saturated rings. The number of nitrogens with two attached hydrogens (primary N) is 1. The zero-order valence-electron chi connectivity index (χ0n) is 9.14. The number of hydrogen-bond donors (Lipinski definition) is 1. The first-order chi connectivity index (χ1) is 8.18. The van der Waals surface area contributed by atoms with Gasteiger partial charge < -0.3 is 15.0 Å². The van der Waals surface area contributed by atoms with Gasteiger partial charge in [-0.25, -0.2) is 13.8 Å². The highest BCUT2D eigenvalue weighted by molar-refractivity contribution is 5.78. The second-order valence-electron chi connectivity index (χ2n) is 3.58. The lowest BCUT2D eigenvalue weighted by Crippen LogP contribution is -2.12. The van der Waals surface area contributed by atoms with Crippen LogP contribution in [-0.2, 0) is 11.3 Å². The van der Waals surface area contributed by atoms with Crippen LogP contribution in [0, 0.1) is 0 Å². The van der Waals surface area contributed by atoms with Crippen molar-refractivity contribution in [3.63, 3.8) is 0 Å². The SMILES string of the molecule is Nc1nc2ccccc2n1CCOCC(F)F. The van der Waals surface area contributed by atoms with Crippen LogP contribution in [0.15, 0.2) is 24.3 Å². The quantitative estimate of drug-likeness (QED) is 0.813. The van der Waals surface area contributed by atoms with E-state index >= 15 is 0 Å². The van der Waals surface area contributed by atoms with Crippen molar-refractivity contribution in [2.45, 2.75) is 13.0 Å². The van der Waals surface area contributed by atoms with Crippen LogP contribution in [0.4, 0.5) is 14.7 Å². The molecule has 1 aromatic heterocycles. The molecular formula is C11H13F2N3O. The molecule has 0 saturated carbocycles. The van der Waals surface area contributed by atoms with Crippen LogP contribution in [-0.4, -0.2) is 29.2 Å². The van der Waals surface area contributed by atoms with E-state index in [1.807, 2.05) is 24.3 Å². The molecule has 0 saturated heterocycles. The number of fused-ring (bicyclic) bond motifs is 1. The maximum atomic E-state index is 11.9. The Morgan fingerprint density at radius 2 is 2.12 bits per heavy atom. The number of halogens is 2. The highest BCUT2D eigenvalue weighted by atomic mass is 19.3. The maximum absolute atomic E-state index is 11.9. The fourth-order valence-corrected chi connectivity index (χ4v) is 1.66. The van der Waals surface area contributed by atoms with E-state index in [2.05, 4.69) is 4.98 Å². The van der Waals surface area contributed by atoms with Gasteiger partial charge in [-0.1, -0.05) is 12.1 Å². The van der Waals surface area contributed by atoms with Crippen LogP contribution in [0.2, 0.25) is 0 Å². The van der Waals surface area contributed by atoms with Crippen molar-refractivity contribution in [1.29, 1.82) is 0 Å². The first kappa shape index (κ1) is 11.8. The lowest BCUT2D eigenvalue weighted by atomic mass is 10.3. The van der Waals surface area contributed by atoms with Gasteiger partial charge >= 0.3 is 0 Å². The molecule has 0 spiro atoms. The number of alkyl halides is 2. The summed E-state index contributed by atoms with van der Waals surface area (Å²) in [4.78, 5) is 4.16. The average molecular weight is 241 g/mol. The molecule has 92 valence electrons. The van der Waals surface area contributed by atoms with E-state index in [1.165, 1.54) is 0 Å². The number of hydrogen-bond acceptors (Lipinski definition) is 3. The number of rotatable bonds is 5. The van der Waals surface area contributed by atoms with E-state index in [-0.39, 0.29) is 6.61 Å². The standard InChI is InChI=1S/C11H13F2N3O/c12-10(13)7-17-6-5-16-9-4-2-1-3-8(9)15-11(16)14/h1-4,10H,5-7H2,(H2,14,15). The lowest BCUT2D eigenvalue weighted by molar-refractivity contribution is 0.0151. The van der Waals surface area contributed by atoms with Gasteiger partial charge in [-0.15, -0.1) is 0 Å². The number of ether oxygens (including phenoxy) is 1. The van der Waals surface area contributed by atoms with Crippen LogP contribution < -0.4 is 5.73 Å². The number of nitrogens with zero attached hydrogens (tertiary/aromatic N) is 2. The Morgan fingerprint density at radius 3 is 2.88 bits per heavy atom. The number of para-hydroxylation sites is 2. The van der Waals surface area contributed by atoms with Gasteiger partial charge in [-0.3, -0.25) is 0 Å². The summed E-state index contributed by atoms with van der Waals surface area (Å²) in [6.07, 6.45) is -2.44. The predicted octanol–water partition coefficient (Wildman–Crippen LogP) is 1.90. The Bertz CT molecular complexity index is 498. The van der Waals surface area contributed by atoms with E-state index in [1.54, 1.807) is 4.57 Å². The summed E-state index contributed by atoms with van der Waals surface area (Å²) < 4.78 is 30.3. The highest BCUT2D eigenvalue weighted by Crippen LogP contribution is 2.16. The Hall–Kier alpha value is -1.69. The average Bonchev–Trinajstić information content (AvgIpc) is 2.60. The van der Waals surface area contributed by atoms with Gasteiger partial charge in [0.05, 0.1) is 17.6 Å². The fraction of sp³-hybridized carbons (Fsp3) is 0.364. The molecule has 0 bridgehead atoms. The summed E-state index contributed by atoms with van der Waals surface area (Å²) in [6, 6.07) is 7.47. The number of aromatic nitrogens is 2. The van der Waals surface area contributed by atoms with Crippen molar-refractivity contribution in [2.24, 2.45) is 0 Å². The number of anilines is 1. The van der Waals surface area contributed by atoms with Crippen molar-refractivity contribution >= 4 is 17.0 Å². The zero-order valence-corrected chi connectivity index (χ0v) is 9.14.